The maximum absolute atomic E-state index is 4.28. The fourth-order valence-electron chi connectivity index (χ4n) is 3.54. The Bertz CT molecular complexity index is 585. The van der Waals surface area contributed by atoms with Crippen molar-refractivity contribution < 1.29 is 0 Å². The summed E-state index contributed by atoms with van der Waals surface area (Å²) in [7, 11) is 0. The molecule has 2 unspecified atom stereocenters. The van der Waals surface area contributed by atoms with Gasteiger partial charge in [-0.3, -0.25) is 0 Å². The first-order valence-corrected chi connectivity index (χ1v) is 8.32. The summed E-state index contributed by atoms with van der Waals surface area (Å²) in [5.41, 5.74) is 1.61. The first-order valence-electron chi connectivity index (χ1n) is 8.32. The van der Waals surface area contributed by atoms with E-state index in [0.29, 0.717) is 5.65 Å². The van der Waals surface area contributed by atoms with Crippen LogP contribution >= 0.6 is 0 Å². The lowest BCUT2D eigenvalue weighted by Gasteiger charge is -2.34. The predicted octanol–water partition coefficient (Wildman–Crippen LogP) is 2.52. The van der Waals surface area contributed by atoms with Gasteiger partial charge in [0.1, 0.15) is 11.8 Å². The number of H-pyrrole nitrogens is 1. The van der Waals surface area contributed by atoms with Crippen LogP contribution in [0, 0.1) is 11.8 Å². The van der Waals surface area contributed by atoms with E-state index >= 15 is 0 Å². The molecule has 6 nitrogen and oxygen atoms in total. The summed E-state index contributed by atoms with van der Waals surface area (Å²) in [4.78, 5) is 18.3. The first-order chi connectivity index (χ1) is 10.7. The Hall–Kier alpha value is -1.69. The molecule has 1 aliphatic rings. The summed E-state index contributed by atoms with van der Waals surface area (Å²) in [6.45, 7) is 9.41. The van der Waals surface area contributed by atoms with Gasteiger partial charge >= 0.3 is 0 Å². The molecule has 2 aromatic rings. The van der Waals surface area contributed by atoms with Crippen molar-refractivity contribution in [2.24, 2.45) is 11.8 Å². The van der Waals surface area contributed by atoms with Gasteiger partial charge in [0.05, 0.1) is 6.33 Å². The van der Waals surface area contributed by atoms with Crippen molar-refractivity contribution in [1.82, 2.24) is 24.8 Å². The Balaban J connectivity index is 1.40. The van der Waals surface area contributed by atoms with Crippen LogP contribution in [0.1, 0.15) is 33.1 Å². The summed E-state index contributed by atoms with van der Waals surface area (Å²) in [6.07, 6.45) is 6.97. The zero-order valence-electron chi connectivity index (χ0n) is 13.5. The van der Waals surface area contributed by atoms with Gasteiger partial charge in [-0.15, -0.1) is 0 Å². The van der Waals surface area contributed by atoms with Gasteiger partial charge in [0.25, 0.3) is 0 Å². The quantitative estimate of drug-likeness (QED) is 0.802. The number of piperidine rings is 1. The van der Waals surface area contributed by atoms with Gasteiger partial charge in [-0.2, -0.15) is 0 Å². The average Bonchev–Trinajstić information content (AvgIpc) is 2.95. The Morgan fingerprint density at radius 3 is 2.82 bits per heavy atom. The number of nitrogens with one attached hydrogen (secondary N) is 2. The molecule has 2 aromatic heterocycles. The lowest BCUT2D eigenvalue weighted by molar-refractivity contribution is 0.139. The maximum atomic E-state index is 4.28. The molecule has 2 atom stereocenters. The second-order valence-electron chi connectivity index (χ2n) is 6.66. The van der Waals surface area contributed by atoms with E-state index in [1.54, 1.807) is 12.7 Å². The fraction of sp³-hybridized carbons (Fsp3) is 0.688. The van der Waals surface area contributed by atoms with Crippen LogP contribution < -0.4 is 5.32 Å². The second kappa shape index (κ2) is 7.05. The largest absolute Gasteiger partial charge is 0.368 e. The summed E-state index contributed by atoms with van der Waals surface area (Å²) < 4.78 is 0. The SMILES string of the molecule is CC1CC(C)CN(CCCCNc2ncnc3nc[nH]c23)C1. The van der Waals surface area contributed by atoms with E-state index in [1.165, 1.54) is 32.5 Å². The van der Waals surface area contributed by atoms with E-state index in [2.05, 4.69) is 44.0 Å². The molecule has 3 rings (SSSR count). The van der Waals surface area contributed by atoms with Crippen LogP contribution in [0.3, 0.4) is 0 Å². The molecule has 0 saturated carbocycles. The molecule has 3 heterocycles. The molecule has 1 aliphatic heterocycles. The molecule has 120 valence electrons. The third-order valence-corrected chi connectivity index (χ3v) is 4.36. The van der Waals surface area contributed by atoms with E-state index < -0.39 is 0 Å². The van der Waals surface area contributed by atoms with Gasteiger partial charge in [0.2, 0.25) is 0 Å². The van der Waals surface area contributed by atoms with Crippen LogP contribution in [0.15, 0.2) is 12.7 Å². The van der Waals surface area contributed by atoms with Crippen molar-refractivity contribution in [3.05, 3.63) is 12.7 Å². The predicted molar refractivity (Wildman–Crippen MR) is 88.8 cm³/mol. The van der Waals surface area contributed by atoms with Crippen LogP contribution in [-0.4, -0.2) is 51.0 Å². The number of aromatic nitrogens is 4. The first kappa shape index (κ1) is 15.2. The molecule has 22 heavy (non-hydrogen) atoms. The summed E-state index contributed by atoms with van der Waals surface area (Å²) in [5, 5.41) is 3.39. The topological polar surface area (TPSA) is 69.7 Å². The van der Waals surface area contributed by atoms with E-state index in [-0.39, 0.29) is 0 Å². The van der Waals surface area contributed by atoms with E-state index in [0.717, 1.165) is 36.1 Å². The summed E-state index contributed by atoms with van der Waals surface area (Å²) >= 11 is 0. The minimum atomic E-state index is 0.716. The molecular weight excluding hydrogens is 276 g/mol. The normalized spacial score (nSPS) is 23.0. The molecule has 2 N–H and O–H groups in total. The Morgan fingerprint density at radius 2 is 2.00 bits per heavy atom. The number of likely N-dealkylation sites (tertiary alicyclic amines) is 1. The van der Waals surface area contributed by atoms with Crippen LogP contribution in [0.2, 0.25) is 0 Å². The van der Waals surface area contributed by atoms with Gasteiger partial charge in [0.15, 0.2) is 11.5 Å². The minimum absolute atomic E-state index is 0.716. The van der Waals surface area contributed by atoms with Crippen molar-refractivity contribution in [3.8, 4) is 0 Å². The van der Waals surface area contributed by atoms with Crippen molar-refractivity contribution in [1.29, 1.82) is 0 Å². The molecule has 0 aliphatic carbocycles. The number of aromatic amines is 1. The Kier molecular flexibility index (Phi) is 4.87. The highest BCUT2D eigenvalue weighted by atomic mass is 15.1. The molecular formula is C16H26N6. The Morgan fingerprint density at radius 1 is 1.18 bits per heavy atom. The second-order valence-corrected chi connectivity index (χ2v) is 6.66. The maximum Gasteiger partial charge on any atom is 0.182 e. The standard InChI is InChI=1S/C16H26N6/c1-12-7-13(2)9-22(8-12)6-4-3-5-17-15-14-16(19-10-18-14)21-11-20-15/h10-13H,3-9H2,1-2H3,(H2,17,18,19,20,21). The number of unbranched alkanes of at least 4 members (excludes halogenated alkanes) is 1. The van der Waals surface area contributed by atoms with Gasteiger partial charge in [0, 0.05) is 19.6 Å². The highest BCUT2D eigenvalue weighted by Crippen LogP contribution is 2.21. The van der Waals surface area contributed by atoms with Gasteiger partial charge in [-0.1, -0.05) is 13.8 Å². The molecule has 0 radical (unpaired) electrons. The van der Waals surface area contributed by atoms with Crippen molar-refractivity contribution in [2.45, 2.75) is 33.1 Å². The zero-order valence-corrected chi connectivity index (χ0v) is 13.5. The fourth-order valence-corrected chi connectivity index (χ4v) is 3.54. The number of hydrogen-bond donors (Lipinski definition) is 2. The average molecular weight is 302 g/mol. The lowest BCUT2D eigenvalue weighted by Crippen LogP contribution is -2.39. The third-order valence-electron chi connectivity index (χ3n) is 4.36. The number of fused-ring (bicyclic) bond motifs is 1. The number of nitrogens with zero attached hydrogens (tertiary/aromatic N) is 4. The number of rotatable bonds is 6. The van der Waals surface area contributed by atoms with Gasteiger partial charge in [-0.25, -0.2) is 15.0 Å². The van der Waals surface area contributed by atoms with E-state index in [1.807, 2.05) is 0 Å². The highest BCUT2D eigenvalue weighted by molar-refractivity contribution is 5.81. The highest BCUT2D eigenvalue weighted by Gasteiger charge is 2.20. The lowest BCUT2D eigenvalue weighted by atomic mass is 9.92. The zero-order chi connectivity index (χ0) is 15.4. The van der Waals surface area contributed by atoms with Crippen LogP contribution in [-0.2, 0) is 0 Å². The van der Waals surface area contributed by atoms with E-state index in [9.17, 15) is 0 Å². The molecule has 0 aromatic carbocycles. The van der Waals surface area contributed by atoms with Crippen molar-refractivity contribution in [2.75, 3.05) is 31.5 Å². The molecule has 6 heteroatoms. The smallest absolute Gasteiger partial charge is 0.182 e. The number of hydrogen-bond acceptors (Lipinski definition) is 5. The van der Waals surface area contributed by atoms with Crippen molar-refractivity contribution in [3.63, 3.8) is 0 Å². The Labute approximate surface area is 131 Å². The van der Waals surface area contributed by atoms with Crippen LogP contribution in [0.25, 0.3) is 11.2 Å². The number of imidazole rings is 1. The monoisotopic (exact) mass is 302 g/mol. The minimum Gasteiger partial charge on any atom is -0.368 e. The van der Waals surface area contributed by atoms with E-state index in [4.69, 9.17) is 0 Å². The van der Waals surface area contributed by atoms with Crippen LogP contribution in [0.5, 0.6) is 0 Å². The number of anilines is 1. The molecule has 1 fully saturated rings. The molecule has 0 amide bonds. The molecule has 1 saturated heterocycles. The van der Waals surface area contributed by atoms with Gasteiger partial charge in [-0.05, 0) is 37.6 Å². The summed E-state index contributed by atoms with van der Waals surface area (Å²) in [5.74, 6) is 2.54. The van der Waals surface area contributed by atoms with Crippen molar-refractivity contribution >= 4 is 17.0 Å². The van der Waals surface area contributed by atoms with Gasteiger partial charge < -0.3 is 15.2 Å². The third kappa shape index (κ3) is 3.74. The van der Waals surface area contributed by atoms with Crippen LogP contribution in [0.4, 0.5) is 5.82 Å². The molecule has 0 bridgehead atoms. The molecule has 0 spiro atoms. The summed E-state index contributed by atoms with van der Waals surface area (Å²) in [6, 6.07) is 0.